The normalized spacial score (nSPS) is 12.5. The lowest BCUT2D eigenvalue weighted by atomic mass is 10.1. The van der Waals surface area contributed by atoms with E-state index in [1.807, 2.05) is 0 Å². The first-order chi connectivity index (χ1) is 14.8. The first-order valence-electron chi connectivity index (χ1n) is 8.94. The van der Waals surface area contributed by atoms with Crippen LogP contribution in [0, 0.1) is 20.2 Å². The number of sulfone groups is 1. The number of rotatable bonds is 6. The zero-order valence-corrected chi connectivity index (χ0v) is 16.5. The van der Waals surface area contributed by atoms with Crippen molar-refractivity contribution < 1.29 is 18.3 Å². The highest BCUT2D eigenvalue weighted by Crippen LogP contribution is 2.38. The van der Waals surface area contributed by atoms with E-state index in [2.05, 4.69) is 4.98 Å². The summed E-state index contributed by atoms with van der Waals surface area (Å²) in [6.07, 6.45) is 1.29. The minimum absolute atomic E-state index is 0.0505. The maximum atomic E-state index is 13.7. The van der Waals surface area contributed by atoms with Gasteiger partial charge in [-0.25, -0.2) is 13.4 Å². The van der Waals surface area contributed by atoms with Gasteiger partial charge in [0, 0.05) is 6.07 Å². The molecule has 4 rings (SSSR count). The highest BCUT2D eigenvalue weighted by molar-refractivity contribution is 7.91. The molecule has 0 saturated heterocycles. The number of nitro benzene ring substituents is 2. The zero-order chi connectivity index (χ0) is 22.2. The minimum atomic E-state index is -4.21. The number of benzene rings is 3. The number of aromatic nitrogens is 2. The van der Waals surface area contributed by atoms with Crippen molar-refractivity contribution in [1.82, 2.24) is 9.55 Å². The van der Waals surface area contributed by atoms with Crippen LogP contribution in [-0.2, 0) is 9.84 Å². The van der Waals surface area contributed by atoms with E-state index in [0.717, 1.165) is 18.2 Å². The summed E-state index contributed by atoms with van der Waals surface area (Å²) in [4.78, 5) is 25.5. The van der Waals surface area contributed by atoms with Gasteiger partial charge in [0.15, 0.2) is 5.37 Å². The van der Waals surface area contributed by atoms with Crippen molar-refractivity contribution in [1.29, 1.82) is 0 Å². The Morgan fingerprint density at radius 2 is 1.55 bits per heavy atom. The number of imidazole rings is 1. The van der Waals surface area contributed by atoms with Crippen molar-refractivity contribution in [3.8, 4) is 0 Å². The monoisotopic (exact) mass is 438 g/mol. The minimum Gasteiger partial charge on any atom is -0.308 e. The van der Waals surface area contributed by atoms with Gasteiger partial charge >= 0.3 is 0 Å². The molecule has 0 spiro atoms. The summed E-state index contributed by atoms with van der Waals surface area (Å²) < 4.78 is 28.7. The predicted octanol–water partition coefficient (Wildman–Crippen LogP) is 3.87. The number of hydrogen-bond acceptors (Lipinski definition) is 7. The van der Waals surface area contributed by atoms with Gasteiger partial charge in [-0.15, -0.1) is 0 Å². The number of hydrogen-bond donors (Lipinski definition) is 0. The van der Waals surface area contributed by atoms with Gasteiger partial charge < -0.3 is 4.57 Å². The van der Waals surface area contributed by atoms with Gasteiger partial charge in [0.2, 0.25) is 9.84 Å². The summed E-state index contributed by atoms with van der Waals surface area (Å²) in [5.74, 6) is 0. The molecule has 0 N–H and O–H groups in total. The summed E-state index contributed by atoms with van der Waals surface area (Å²) in [5.41, 5.74) is -0.444. The molecule has 31 heavy (non-hydrogen) atoms. The van der Waals surface area contributed by atoms with Crippen LogP contribution in [0.4, 0.5) is 11.4 Å². The van der Waals surface area contributed by atoms with Gasteiger partial charge in [-0.1, -0.05) is 30.3 Å². The molecular formula is C20H14N4O6S. The zero-order valence-electron chi connectivity index (χ0n) is 15.7. The Hall–Kier alpha value is -4.12. The Balaban J connectivity index is 2.05. The molecule has 1 heterocycles. The molecule has 3 aromatic carbocycles. The predicted molar refractivity (Wildman–Crippen MR) is 111 cm³/mol. The Morgan fingerprint density at radius 1 is 0.871 bits per heavy atom. The van der Waals surface area contributed by atoms with Crippen LogP contribution in [0.25, 0.3) is 11.0 Å². The smallest absolute Gasteiger partial charge is 0.282 e. The molecule has 0 amide bonds. The second kappa shape index (κ2) is 7.61. The molecule has 0 bridgehead atoms. The lowest BCUT2D eigenvalue weighted by Gasteiger charge is -2.20. The average molecular weight is 438 g/mol. The van der Waals surface area contributed by atoms with E-state index in [4.69, 9.17) is 0 Å². The van der Waals surface area contributed by atoms with Gasteiger partial charge in [0.25, 0.3) is 11.4 Å². The van der Waals surface area contributed by atoms with Crippen LogP contribution >= 0.6 is 0 Å². The third-order valence-electron chi connectivity index (χ3n) is 4.79. The fourth-order valence-electron chi connectivity index (χ4n) is 3.38. The topological polar surface area (TPSA) is 138 Å². The first kappa shape index (κ1) is 20.2. The fourth-order valence-corrected chi connectivity index (χ4v) is 5.18. The average Bonchev–Trinajstić information content (AvgIpc) is 3.18. The molecule has 10 nitrogen and oxygen atoms in total. The highest BCUT2D eigenvalue weighted by atomic mass is 32.2. The number of nitrogens with zero attached hydrogens (tertiary/aromatic N) is 4. The molecule has 1 aromatic heterocycles. The summed E-state index contributed by atoms with van der Waals surface area (Å²) in [7, 11) is -4.21. The van der Waals surface area contributed by atoms with Gasteiger partial charge in [-0.3, -0.25) is 20.2 Å². The van der Waals surface area contributed by atoms with Crippen molar-refractivity contribution in [2.45, 2.75) is 10.3 Å². The Labute approximate surface area is 175 Å². The summed E-state index contributed by atoms with van der Waals surface area (Å²) in [6.45, 7) is 0. The van der Waals surface area contributed by atoms with Crippen molar-refractivity contribution in [2.24, 2.45) is 0 Å². The number of non-ortho nitro benzene ring substituents is 1. The largest absolute Gasteiger partial charge is 0.308 e. The lowest BCUT2D eigenvalue weighted by Crippen LogP contribution is -2.22. The molecule has 1 unspecified atom stereocenters. The van der Waals surface area contributed by atoms with Crippen molar-refractivity contribution in [3.05, 3.63) is 105 Å². The maximum Gasteiger partial charge on any atom is 0.282 e. The molecule has 1 atom stereocenters. The van der Waals surface area contributed by atoms with E-state index in [1.165, 1.54) is 23.0 Å². The fraction of sp³-hybridized carbons (Fsp3) is 0.0500. The van der Waals surface area contributed by atoms with Crippen molar-refractivity contribution in [2.75, 3.05) is 0 Å². The van der Waals surface area contributed by atoms with E-state index < -0.39 is 36.4 Å². The van der Waals surface area contributed by atoms with Crippen LogP contribution in [-0.4, -0.2) is 27.8 Å². The summed E-state index contributed by atoms with van der Waals surface area (Å²) >= 11 is 0. The van der Waals surface area contributed by atoms with Gasteiger partial charge in [-0.05, 0) is 30.3 Å². The standard InChI is InChI=1S/C20H14N4O6S/c25-23(26)14-10-11-16(19(12-14)24(27)28)20(31(29,30)15-6-2-1-3-7-15)22-13-21-17-8-4-5-9-18(17)22/h1-13,20H. The molecule has 156 valence electrons. The molecule has 0 aliphatic rings. The first-order valence-corrected chi connectivity index (χ1v) is 10.5. The third-order valence-corrected chi connectivity index (χ3v) is 6.79. The van der Waals surface area contributed by atoms with Gasteiger partial charge in [-0.2, -0.15) is 0 Å². The third kappa shape index (κ3) is 3.51. The quantitative estimate of drug-likeness (QED) is 0.329. The molecule has 0 radical (unpaired) electrons. The number of nitro groups is 2. The Kier molecular flexibility index (Phi) is 4.95. The Morgan fingerprint density at radius 3 is 2.23 bits per heavy atom. The van der Waals surface area contributed by atoms with Crippen LogP contribution in [0.3, 0.4) is 0 Å². The van der Waals surface area contributed by atoms with Crippen LogP contribution in [0.2, 0.25) is 0 Å². The molecule has 0 aliphatic heterocycles. The van der Waals surface area contributed by atoms with Crippen LogP contribution in [0.1, 0.15) is 10.9 Å². The molecular weight excluding hydrogens is 424 g/mol. The SMILES string of the molecule is O=[N+]([O-])c1ccc(C(n2cnc3ccccc32)S(=O)(=O)c2ccccc2)c([N+](=O)[O-])c1. The van der Waals surface area contributed by atoms with E-state index >= 15 is 0 Å². The molecule has 0 saturated carbocycles. The molecule has 0 aliphatic carbocycles. The van der Waals surface area contributed by atoms with E-state index in [1.54, 1.807) is 42.5 Å². The summed E-state index contributed by atoms with van der Waals surface area (Å²) in [6, 6.07) is 17.2. The van der Waals surface area contributed by atoms with Crippen LogP contribution in [0.5, 0.6) is 0 Å². The van der Waals surface area contributed by atoms with Crippen molar-refractivity contribution >= 4 is 32.2 Å². The highest BCUT2D eigenvalue weighted by Gasteiger charge is 2.37. The molecule has 0 fully saturated rings. The van der Waals surface area contributed by atoms with Crippen LogP contribution in [0.15, 0.2) is 84.0 Å². The summed E-state index contributed by atoms with van der Waals surface area (Å²) in [5, 5.41) is 21.3. The van der Waals surface area contributed by atoms with E-state index in [-0.39, 0.29) is 10.5 Å². The van der Waals surface area contributed by atoms with Crippen molar-refractivity contribution in [3.63, 3.8) is 0 Å². The number of fused-ring (bicyclic) bond motifs is 1. The van der Waals surface area contributed by atoms with Gasteiger partial charge in [0.05, 0.1) is 43.7 Å². The second-order valence-electron chi connectivity index (χ2n) is 6.61. The lowest BCUT2D eigenvalue weighted by molar-refractivity contribution is -0.394. The molecule has 4 aromatic rings. The number of para-hydroxylation sites is 2. The van der Waals surface area contributed by atoms with Crippen LogP contribution < -0.4 is 0 Å². The Bertz CT molecular complexity index is 1420. The van der Waals surface area contributed by atoms with E-state index in [0.29, 0.717) is 11.0 Å². The van der Waals surface area contributed by atoms with Gasteiger partial charge in [0.1, 0.15) is 0 Å². The molecule has 11 heteroatoms. The second-order valence-corrected chi connectivity index (χ2v) is 8.62. The maximum absolute atomic E-state index is 13.7. The van der Waals surface area contributed by atoms with E-state index in [9.17, 15) is 28.6 Å².